The zero-order valence-corrected chi connectivity index (χ0v) is 7.73. The number of alkyl carbamates (subject to hydrolysis) is 1. The van der Waals surface area contributed by atoms with Crippen LogP contribution in [0.1, 0.15) is 6.92 Å². The van der Waals surface area contributed by atoms with Crippen LogP contribution in [0.5, 0.6) is 0 Å². The van der Waals surface area contributed by atoms with Crippen molar-refractivity contribution in [2.75, 3.05) is 13.7 Å². The summed E-state index contributed by atoms with van der Waals surface area (Å²) in [6.07, 6.45) is -0.934. The van der Waals surface area contributed by atoms with Crippen LogP contribution in [0.25, 0.3) is 0 Å². The smallest absolute Gasteiger partial charge is 0.414 e. The molecule has 0 saturated heterocycles. The third kappa shape index (κ3) is 4.06. The highest BCUT2D eigenvalue weighted by molar-refractivity contribution is 6.46. The molecule has 1 N–H and O–H groups in total. The van der Waals surface area contributed by atoms with Gasteiger partial charge in [0, 0.05) is 0 Å². The van der Waals surface area contributed by atoms with E-state index in [0.29, 0.717) is 0 Å². The largest absolute Gasteiger partial charge is 0.450 e. The van der Waals surface area contributed by atoms with Gasteiger partial charge in [-0.05, 0) is 6.92 Å². The second-order valence-corrected chi connectivity index (χ2v) is 1.91. The quantitative estimate of drug-likeness (QED) is 0.500. The van der Waals surface area contributed by atoms with Gasteiger partial charge in [-0.3, -0.25) is 10.1 Å². The van der Waals surface area contributed by atoms with E-state index in [1.165, 1.54) is 13.2 Å². The van der Waals surface area contributed by atoms with Gasteiger partial charge in [0.2, 0.25) is 5.71 Å². The number of nitriles is 1. The molecule has 0 saturated carbocycles. The molecule has 0 aliphatic heterocycles. The fraction of sp³-hybridized carbons (Fsp3) is 0.429. The van der Waals surface area contributed by atoms with Crippen molar-refractivity contribution in [2.24, 2.45) is 5.16 Å². The predicted octanol–water partition coefficient (Wildman–Crippen LogP) is -0.215. The summed E-state index contributed by atoms with van der Waals surface area (Å²) in [5.41, 5.74) is -0.555. The van der Waals surface area contributed by atoms with Gasteiger partial charge in [-0.2, -0.15) is 5.26 Å². The fourth-order valence-electron chi connectivity index (χ4n) is 0.523. The molecule has 0 aliphatic rings. The number of nitrogens with one attached hydrogen (secondary N) is 1. The molecule has 14 heavy (non-hydrogen) atoms. The van der Waals surface area contributed by atoms with Gasteiger partial charge in [-0.1, -0.05) is 5.16 Å². The van der Waals surface area contributed by atoms with Gasteiger partial charge in [0.1, 0.15) is 13.2 Å². The molecular weight excluding hydrogens is 190 g/mol. The average Bonchev–Trinajstić information content (AvgIpc) is 2.14. The van der Waals surface area contributed by atoms with Crippen molar-refractivity contribution in [2.45, 2.75) is 6.92 Å². The van der Waals surface area contributed by atoms with Crippen LogP contribution in [-0.4, -0.2) is 31.4 Å². The van der Waals surface area contributed by atoms with E-state index in [0.717, 1.165) is 0 Å². The van der Waals surface area contributed by atoms with Crippen LogP contribution in [0.2, 0.25) is 0 Å². The summed E-state index contributed by atoms with van der Waals surface area (Å²) in [4.78, 5) is 25.9. The number of hydrogen-bond acceptors (Lipinski definition) is 6. The van der Waals surface area contributed by atoms with Crippen molar-refractivity contribution < 1.29 is 19.2 Å². The first-order valence-electron chi connectivity index (χ1n) is 3.65. The van der Waals surface area contributed by atoms with Gasteiger partial charge in [0.15, 0.2) is 0 Å². The fourth-order valence-corrected chi connectivity index (χ4v) is 0.523. The van der Waals surface area contributed by atoms with E-state index in [1.807, 2.05) is 0 Å². The topological polar surface area (TPSA) is 101 Å². The Hall–Kier alpha value is -2.10. The lowest BCUT2D eigenvalue weighted by molar-refractivity contribution is -0.114. The summed E-state index contributed by atoms with van der Waals surface area (Å²) < 4.78 is 4.41. The minimum atomic E-state index is -0.965. The highest BCUT2D eigenvalue weighted by atomic mass is 16.6. The first-order chi connectivity index (χ1) is 6.65. The minimum Gasteiger partial charge on any atom is -0.450 e. The Morgan fingerprint density at radius 2 is 2.21 bits per heavy atom. The Balaban J connectivity index is 4.27. The highest BCUT2D eigenvalue weighted by Gasteiger charge is 2.15. The average molecular weight is 199 g/mol. The maximum Gasteiger partial charge on any atom is 0.414 e. The van der Waals surface area contributed by atoms with Gasteiger partial charge < -0.3 is 9.57 Å². The van der Waals surface area contributed by atoms with Crippen molar-refractivity contribution in [3.05, 3.63) is 0 Å². The Morgan fingerprint density at radius 3 is 2.64 bits per heavy atom. The van der Waals surface area contributed by atoms with Gasteiger partial charge in [-0.15, -0.1) is 0 Å². The van der Waals surface area contributed by atoms with Gasteiger partial charge in [0.25, 0.3) is 5.91 Å². The Labute approximate surface area is 80.3 Å². The first-order valence-corrected chi connectivity index (χ1v) is 3.65. The second kappa shape index (κ2) is 6.42. The molecule has 0 aromatic rings. The number of carbonyl (C=O) groups excluding carboxylic acids is 2. The predicted molar refractivity (Wildman–Crippen MR) is 45.2 cm³/mol. The molecule has 0 rings (SSSR count). The molecule has 0 aliphatic carbocycles. The number of rotatable bonds is 3. The van der Waals surface area contributed by atoms with Crippen molar-refractivity contribution >= 4 is 17.7 Å². The lowest BCUT2D eigenvalue weighted by Crippen LogP contribution is -2.36. The third-order valence-corrected chi connectivity index (χ3v) is 0.995. The summed E-state index contributed by atoms with van der Waals surface area (Å²) in [7, 11) is 1.18. The van der Waals surface area contributed by atoms with Crippen molar-refractivity contribution in [3.63, 3.8) is 0 Å². The van der Waals surface area contributed by atoms with Gasteiger partial charge in [0.05, 0.1) is 6.61 Å². The molecule has 0 bridgehead atoms. The molecule has 2 amide bonds. The maximum atomic E-state index is 11.0. The summed E-state index contributed by atoms with van der Waals surface area (Å²) in [6.45, 7) is 1.71. The normalized spacial score (nSPS) is 9.93. The molecule has 0 unspecified atom stereocenters. The Kier molecular flexibility index (Phi) is 5.46. The van der Waals surface area contributed by atoms with E-state index in [-0.39, 0.29) is 6.61 Å². The molecule has 0 radical (unpaired) electrons. The standard InChI is InChI=1S/C7H9N3O4/c1-3-14-7(12)9-6(11)5(4-8)10-13-2/h3H2,1-2H3,(H,9,11,12)/b10-5+. The first kappa shape index (κ1) is 11.9. The van der Waals surface area contributed by atoms with Crippen LogP contribution in [0, 0.1) is 11.3 Å². The SMILES string of the molecule is CCOC(=O)NC(=O)/C(C#N)=N/OC. The molecule has 0 aromatic carbocycles. The lowest BCUT2D eigenvalue weighted by atomic mass is 10.4. The van der Waals surface area contributed by atoms with E-state index < -0.39 is 17.7 Å². The molecular formula is C7H9N3O4. The van der Waals surface area contributed by atoms with E-state index in [1.54, 1.807) is 12.2 Å². The van der Waals surface area contributed by atoms with E-state index in [2.05, 4.69) is 14.7 Å². The molecule has 7 heteroatoms. The summed E-state index contributed by atoms with van der Waals surface area (Å²) in [6, 6.07) is 1.46. The van der Waals surface area contributed by atoms with Gasteiger partial charge >= 0.3 is 6.09 Å². The number of carbonyl (C=O) groups is 2. The third-order valence-electron chi connectivity index (χ3n) is 0.995. The number of ether oxygens (including phenoxy) is 1. The van der Waals surface area contributed by atoms with Crippen LogP contribution in [0.15, 0.2) is 5.16 Å². The molecule has 0 fully saturated rings. The van der Waals surface area contributed by atoms with Gasteiger partial charge in [-0.25, -0.2) is 4.79 Å². The zero-order chi connectivity index (χ0) is 11.0. The van der Waals surface area contributed by atoms with Crippen LogP contribution in [-0.2, 0) is 14.4 Å². The zero-order valence-electron chi connectivity index (χ0n) is 7.73. The highest BCUT2D eigenvalue weighted by Crippen LogP contribution is 1.82. The number of amides is 2. The number of hydrogen-bond donors (Lipinski definition) is 1. The molecule has 7 nitrogen and oxygen atoms in total. The number of oxime groups is 1. The number of nitrogens with zero attached hydrogens (tertiary/aromatic N) is 2. The minimum absolute atomic E-state index is 0.127. The van der Waals surface area contributed by atoms with Crippen LogP contribution >= 0.6 is 0 Å². The van der Waals surface area contributed by atoms with Crippen molar-refractivity contribution in [1.29, 1.82) is 5.26 Å². The van der Waals surface area contributed by atoms with E-state index in [4.69, 9.17) is 5.26 Å². The van der Waals surface area contributed by atoms with Crippen molar-refractivity contribution in [1.82, 2.24) is 5.32 Å². The lowest BCUT2D eigenvalue weighted by Gasteiger charge is -2.01. The summed E-state index contributed by atoms with van der Waals surface area (Å²) in [5, 5.41) is 13.3. The Bertz CT molecular complexity index is 292. The Morgan fingerprint density at radius 1 is 1.57 bits per heavy atom. The van der Waals surface area contributed by atoms with E-state index in [9.17, 15) is 9.59 Å². The monoisotopic (exact) mass is 199 g/mol. The molecule has 0 spiro atoms. The molecule has 0 aromatic heterocycles. The number of imide groups is 1. The maximum absolute atomic E-state index is 11.0. The van der Waals surface area contributed by atoms with Crippen LogP contribution < -0.4 is 5.32 Å². The molecule has 0 heterocycles. The second-order valence-electron chi connectivity index (χ2n) is 1.91. The van der Waals surface area contributed by atoms with E-state index >= 15 is 0 Å². The summed E-state index contributed by atoms with van der Waals surface area (Å²) in [5.74, 6) is -0.965. The molecule has 0 atom stereocenters. The molecule has 76 valence electrons. The summed E-state index contributed by atoms with van der Waals surface area (Å²) >= 11 is 0. The van der Waals surface area contributed by atoms with Crippen molar-refractivity contribution in [3.8, 4) is 6.07 Å². The van der Waals surface area contributed by atoms with Crippen LogP contribution in [0.4, 0.5) is 4.79 Å². The van der Waals surface area contributed by atoms with Crippen LogP contribution in [0.3, 0.4) is 0 Å².